The van der Waals surface area contributed by atoms with E-state index in [-0.39, 0.29) is 5.91 Å². The number of piperidine rings is 1. The van der Waals surface area contributed by atoms with Crippen LogP contribution in [0.3, 0.4) is 0 Å². The van der Waals surface area contributed by atoms with Crippen molar-refractivity contribution in [3.8, 4) is 0 Å². The molecular weight excluding hydrogens is 284 g/mol. The standard InChI is InChI=1S/C15H26N4OS/c1-4-19-7-5-13(6-8-19)18(3)10-12-9-14(15(20)17-16)21-11(12)2/h9,13H,4-8,10,16H2,1-3H3,(H,17,20). The van der Waals surface area contributed by atoms with Crippen LogP contribution in [0.25, 0.3) is 0 Å². The second-order valence-corrected chi connectivity index (χ2v) is 7.00. The summed E-state index contributed by atoms with van der Waals surface area (Å²) in [5.74, 6) is 5.00. The van der Waals surface area contributed by atoms with Crippen LogP contribution in [-0.4, -0.2) is 48.4 Å². The third kappa shape index (κ3) is 4.03. The second-order valence-electron chi connectivity index (χ2n) is 5.75. The number of carbonyl (C=O) groups excluding carboxylic acids is 1. The smallest absolute Gasteiger partial charge is 0.275 e. The fourth-order valence-electron chi connectivity index (χ4n) is 2.93. The Labute approximate surface area is 131 Å². The molecule has 1 saturated heterocycles. The number of rotatable bonds is 5. The van der Waals surface area contributed by atoms with E-state index in [0.29, 0.717) is 10.9 Å². The third-order valence-electron chi connectivity index (χ3n) is 4.42. The topological polar surface area (TPSA) is 61.6 Å². The van der Waals surface area contributed by atoms with Crippen molar-refractivity contribution in [3.63, 3.8) is 0 Å². The molecule has 0 atom stereocenters. The van der Waals surface area contributed by atoms with Gasteiger partial charge in [0.2, 0.25) is 0 Å². The van der Waals surface area contributed by atoms with E-state index in [1.54, 1.807) is 0 Å². The maximum absolute atomic E-state index is 11.6. The molecule has 6 heteroatoms. The quantitative estimate of drug-likeness (QED) is 0.492. The minimum absolute atomic E-state index is 0.201. The molecule has 21 heavy (non-hydrogen) atoms. The molecule has 1 aromatic rings. The molecule has 5 nitrogen and oxygen atoms in total. The highest BCUT2D eigenvalue weighted by Gasteiger charge is 2.22. The van der Waals surface area contributed by atoms with Gasteiger partial charge in [-0.25, -0.2) is 5.84 Å². The number of likely N-dealkylation sites (tertiary alicyclic amines) is 1. The summed E-state index contributed by atoms with van der Waals surface area (Å²) in [6.45, 7) is 8.72. The van der Waals surface area contributed by atoms with Crippen LogP contribution in [0.2, 0.25) is 0 Å². The fraction of sp³-hybridized carbons (Fsp3) is 0.667. The van der Waals surface area contributed by atoms with E-state index in [0.717, 1.165) is 13.1 Å². The lowest BCUT2D eigenvalue weighted by Gasteiger charge is -2.36. The van der Waals surface area contributed by atoms with Crippen LogP contribution in [-0.2, 0) is 6.54 Å². The first-order chi connectivity index (χ1) is 10.0. The van der Waals surface area contributed by atoms with E-state index < -0.39 is 0 Å². The van der Waals surface area contributed by atoms with Crippen molar-refractivity contribution in [2.75, 3.05) is 26.7 Å². The Balaban J connectivity index is 1.95. The summed E-state index contributed by atoms with van der Waals surface area (Å²) < 4.78 is 0. The van der Waals surface area contributed by atoms with Crippen molar-refractivity contribution in [1.29, 1.82) is 0 Å². The average molecular weight is 310 g/mol. The Morgan fingerprint density at radius 2 is 2.19 bits per heavy atom. The van der Waals surface area contributed by atoms with Gasteiger partial charge in [0.1, 0.15) is 0 Å². The number of hydrogen-bond donors (Lipinski definition) is 2. The Kier molecular flexibility index (Phi) is 5.75. The van der Waals surface area contributed by atoms with Gasteiger partial charge in [-0.3, -0.25) is 15.1 Å². The monoisotopic (exact) mass is 310 g/mol. The number of nitrogens with one attached hydrogen (secondary N) is 1. The first-order valence-electron chi connectivity index (χ1n) is 7.58. The van der Waals surface area contributed by atoms with Gasteiger partial charge in [0.25, 0.3) is 5.91 Å². The molecule has 2 heterocycles. The predicted molar refractivity (Wildman–Crippen MR) is 87.3 cm³/mol. The van der Waals surface area contributed by atoms with Gasteiger partial charge in [0.15, 0.2) is 0 Å². The fourth-order valence-corrected chi connectivity index (χ4v) is 3.87. The molecule has 0 aliphatic carbocycles. The normalized spacial score (nSPS) is 17.4. The summed E-state index contributed by atoms with van der Waals surface area (Å²) in [6, 6.07) is 2.61. The van der Waals surface area contributed by atoms with Gasteiger partial charge in [-0.05, 0) is 58.1 Å². The zero-order chi connectivity index (χ0) is 15.4. The summed E-state index contributed by atoms with van der Waals surface area (Å²) in [4.78, 5) is 18.4. The molecule has 1 aliphatic heterocycles. The molecule has 1 aliphatic rings. The summed E-state index contributed by atoms with van der Waals surface area (Å²) in [5.41, 5.74) is 3.44. The van der Waals surface area contributed by atoms with E-state index >= 15 is 0 Å². The highest BCUT2D eigenvalue weighted by atomic mass is 32.1. The number of carbonyl (C=O) groups is 1. The number of nitrogens with zero attached hydrogens (tertiary/aromatic N) is 2. The largest absolute Gasteiger partial charge is 0.303 e. The molecule has 1 amide bonds. The van der Waals surface area contributed by atoms with E-state index in [1.165, 1.54) is 47.7 Å². The Bertz CT molecular complexity index is 480. The molecule has 3 N–H and O–H groups in total. The number of hydrogen-bond acceptors (Lipinski definition) is 5. The number of nitrogen functional groups attached to an aromatic ring is 1. The molecule has 2 rings (SSSR count). The van der Waals surface area contributed by atoms with Crippen LogP contribution in [0.1, 0.15) is 39.9 Å². The maximum Gasteiger partial charge on any atom is 0.275 e. The number of aryl methyl sites for hydroxylation is 1. The van der Waals surface area contributed by atoms with Crippen molar-refractivity contribution in [2.45, 2.75) is 39.3 Å². The van der Waals surface area contributed by atoms with E-state index in [1.807, 2.05) is 6.07 Å². The van der Waals surface area contributed by atoms with Gasteiger partial charge in [-0.2, -0.15) is 0 Å². The maximum atomic E-state index is 11.6. The van der Waals surface area contributed by atoms with Crippen molar-refractivity contribution >= 4 is 17.2 Å². The minimum Gasteiger partial charge on any atom is -0.303 e. The van der Waals surface area contributed by atoms with Gasteiger partial charge in [0, 0.05) is 17.5 Å². The molecule has 0 saturated carbocycles. The van der Waals surface area contributed by atoms with E-state index in [2.05, 4.69) is 36.1 Å². The lowest BCUT2D eigenvalue weighted by molar-refractivity contribution is 0.0957. The average Bonchev–Trinajstić information content (AvgIpc) is 2.87. The van der Waals surface area contributed by atoms with Crippen LogP contribution < -0.4 is 11.3 Å². The lowest BCUT2D eigenvalue weighted by Crippen LogP contribution is -2.42. The molecular formula is C15H26N4OS. The number of thiophene rings is 1. The highest BCUT2D eigenvalue weighted by Crippen LogP contribution is 2.24. The summed E-state index contributed by atoms with van der Waals surface area (Å²) in [6.07, 6.45) is 2.45. The molecule has 118 valence electrons. The second kappa shape index (κ2) is 7.35. The summed E-state index contributed by atoms with van der Waals surface area (Å²) >= 11 is 1.51. The van der Waals surface area contributed by atoms with Crippen LogP contribution in [0, 0.1) is 6.92 Å². The lowest BCUT2D eigenvalue weighted by atomic mass is 10.0. The molecule has 0 spiro atoms. The van der Waals surface area contributed by atoms with Crippen molar-refractivity contribution in [1.82, 2.24) is 15.2 Å². The van der Waals surface area contributed by atoms with Crippen LogP contribution in [0.4, 0.5) is 0 Å². The van der Waals surface area contributed by atoms with Gasteiger partial charge >= 0.3 is 0 Å². The zero-order valence-electron chi connectivity index (χ0n) is 13.2. The van der Waals surface area contributed by atoms with Crippen LogP contribution >= 0.6 is 11.3 Å². The molecule has 0 aromatic carbocycles. The Hall–Kier alpha value is -0.950. The predicted octanol–water partition coefficient (Wildman–Crippen LogP) is 1.58. The molecule has 0 radical (unpaired) electrons. The molecule has 1 fully saturated rings. The Morgan fingerprint density at radius 1 is 1.52 bits per heavy atom. The van der Waals surface area contributed by atoms with Crippen LogP contribution in [0.5, 0.6) is 0 Å². The highest BCUT2D eigenvalue weighted by molar-refractivity contribution is 7.14. The third-order valence-corrected chi connectivity index (χ3v) is 5.51. The summed E-state index contributed by atoms with van der Waals surface area (Å²) in [5, 5.41) is 0. The number of amides is 1. The van der Waals surface area contributed by atoms with Gasteiger partial charge in [-0.15, -0.1) is 11.3 Å². The van der Waals surface area contributed by atoms with E-state index in [9.17, 15) is 4.79 Å². The SMILES string of the molecule is CCN1CCC(N(C)Cc2cc(C(=O)NN)sc2C)CC1. The molecule has 0 unspecified atom stereocenters. The first kappa shape index (κ1) is 16.4. The minimum atomic E-state index is -0.201. The van der Waals surface area contributed by atoms with E-state index in [4.69, 9.17) is 5.84 Å². The van der Waals surface area contributed by atoms with Crippen LogP contribution in [0.15, 0.2) is 6.07 Å². The van der Waals surface area contributed by atoms with Crippen molar-refractivity contribution in [3.05, 3.63) is 21.4 Å². The van der Waals surface area contributed by atoms with Gasteiger partial charge < -0.3 is 4.90 Å². The summed E-state index contributed by atoms with van der Waals surface area (Å²) in [7, 11) is 2.19. The van der Waals surface area contributed by atoms with Crippen molar-refractivity contribution in [2.24, 2.45) is 5.84 Å². The van der Waals surface area contributed by atoms with Gasteiger partial charge in [-0.1, -0.05) is 6.92 Å². The molecule has 0 bridgehead atoms. The Morgan fingerprint density at radius 3 is 2.76 bits per heavy atom. The number of nitrogens with two attached hydrogens (primary N) is 1. The molecule has 1 aromatic heterocycles. The van der Waals surface area contributed by atoms with Crippen molar-refractivity contribution < 1.29 is 4.79 Å². The van der Waals surface area contributed by atoms with Gasteiger partial charge in [0.05, 0.1) is 4.88 Å². The zero-order valence-corrected chi connectivity index (χ0v) is 14.0. The first-order valence-corrected chi connectivity index (χ1v) is 8.39. The number of hydrazine groups is 1.